The minimum atomic E-state index is 0.215. The molecule has 1 aromatic rings. The molecule has 2 nitrogen and oxygen atoms in total. The summed E-state index contributed by atoms with van der Waals surface area (Å²) in [6.07, 6.45) is 3.75. The standard InChI is InChI=1S/C16H27NO/c1-4-5-6-10-17-11-15(12-18)16-13(2)8-7-9-14(16)3/h7-9,15,17-18H,4-6,10-12H2,1-3H3. The van der Waals surface area contributed by atoms with E-state index in [4.69, 9.17) is 0 Å². The number of hydrogen-bond donors (Lipinski definition) is 2. The summed E-state index contributed by atoms with van der Waals surface area (Å²) in [4.78, 5) is 0. The van der Waals surface area contributed by atoms with E-state index in [9.17, 15) is 5.11 Å². The summed E-state index contributed by atoms with van der Waals surface area (Å²) >= 11 is 0. The SMILES string of the molecule is CCCCCNCC(CO)c1c(C)cccc1C. The van der Waals surface area contributed by atoms with Gasteiger partial charge in [-0.25, -0.2) is 0 Å². The van der Waals surface area contributed by atoms with Gasteiger partial charge in [-0.1, -0.05) is 38.0 Å². The fourth-order valence-electron chi connectivity index (χ4n) is 2.51. The Labute approximate surface area is 111 Å². The first-order valence-corrected chi connectivity index (χ1v) is 7.08. The molecule has 1 unspecified atom stereocenters. The highest BCUT2D eigenvalue weighted by Gasteiger charge is 2.14. The maximum Gasteiger partial charge on any atom is 0.0512 e. The molecule has 0 aliphatic rings. The molecular weight excluding hydrogens is 222 g/mol. The van der Waals surface area contributed by atoms with Crippen molar-refractivity contribution >= 4 is 0 Å². The Balaban J connectivity index is 2.55. The Morgan fingerprint density at radius 3 is 2.39 bits per heavy atom. The van der Waals surface area contributed by atoms with Gasteiger partial charge in [0.1, 0.15) is 0 Å². The van der Waals surface area contributed by atoms with Gasteiger partial charge < -0.3 is 10.4 Å². The topological polar surface area (TPSA) is 32.3 Å². The molecule has 0 saturated heterocycles. The first-order chi connectivity index (χ1) is 8.70. The Bertz CT molecular complexity index is 329. The van der Waals surface area contributed by atoms with Crippen LogP contribution >= 0.6 is 0 Å². The molecule has 0 radical (unpaired) electrons. The highest BCUT2D eigenvalue weighted by atomic mass is 16.3. The summed E-state index contributed by atoms with van der Waals surface area (Å²) in [5.74, 6) is 0.216. The van der Waals surface area contributed by atoms with E-state index < -0.39 is 0 Å². The van der Waals surface area contributed by atoms with Crippen molar-refractivity contribution in [2.24, 2.45) is 0 Å². The lowest BCUT2D eigenvalue weighted by atomic mass is 9.91. The van der Waals surface area contributed by atoms with Crippen LogP contribution < -0.4 is 5.32 Å². The first kappa shape index (κ1) is 15.2. The molecule has 2 N–H and O–H groups in total. The Hall–Kier alpha value is -0.860. The summed E-state index contributed by atoms with van der Waals surface area (Å²) in [6, 6.07) is 6.33. The Morgan fingerprint density at radius 2 is 1.83 bits per heavy atom. The van der Waals surface area contributed by atoms with Crippen LogP contribution in [0.4, 0.5) is 0 Å². The molecule has 18 heavy (non-hydrogen) atoms. The summed E-state index contributed by atoms with van der Waals surface area (Å²) in [6.45, 7) is 8.60. The lowest BCUT2D eigenvalue weighted by molar-refractivity contribution is 0.260. The van der Waals surface area contributed by atoms with Crippen molar-refractivity contribution in [2.45, 2.75) is 46.0 Å². The van der Waals surface area contributed by atoms with Crippen molar-refractivity contribution in [1.82, 2.24) is 5.32 Å². The maximum absolute atomic E-state index is 9.59. The van der Waals surface area contributed by atoms with Crippen LogP contribution in [0.25, 0.3) is 0 Å². The van der Waals surface area contributed by atoms with Gasteiger partial charge in [-0.2, -0.15) is 0 Å². The van der Waals surface area contributed by atoms with E-state index in [2.05, 4.69) is 44.3 Å². The molecule has 0 spiro atoms. The van der Waals surface area contributed by atoms with Crippen LogP contribution in [-0.4, -0.2) is 24.8 Å². The molecule has 0 aliphatic carbocycles. The van der Waals surface area contributed by atoms with Crippen LogP contribution in [0.5, 0.6) is 0 Å². The van der Waals surface area contributed by atoms with E-state index in [0.29, 0.717) is 0 Å². The number of aliphatic hydroxyl groups excluding tert-OH is 1. The molecule has 0 fully saturated rings. The second-order valence-corrected chi connectivity index (χ2v) is 5.10. The molecule has 0 saturated carbocycles. The molecule has 0 bridgehead atoms. The fraction of sp³-hybridized carbons (Fsp3) is 0.625. The van der Waals surface area contributed by atoms with Gasteiger partial charge in [0, 0.05) is 12.5 Å². The van der Waals surface area contributed by atoms with Gasteiger partial charge in [0.2, 0.25) is 0 Å². The predicted molar refractivity (Wildman–Crippen MR) is 78.1 cm³/mol. The number of unbranched alkanes of at least 4 members (excludes halogenated alkanes) is 2. The average molecular weight is 249 g/mol. The van der Waals surface area contributed by atoms with Crippen LogP contribution in [0.2, 0.25) is 0 Å². The highest BCUT2D eigenvalue weighted by molar-refractivity contribution is 5.36. The zero-order valence-corrected chi connectivity index (χ0v) is 12.0. The van der Waals surface area contributed by atoms with Crippen LogP contribution in [0.3, 0.4) is 0 Å². The summed E-state index contributed by atoms with van der Waals surface area (Å²) in [5, 5.41) is 13.1. The number of nitrogens with one attached hydrogen (secondary N) is 1. The third kappa shape index (κ3) is 4.43. The normalized spacial score (nSPS) is 12.7. The van der Waals surface area contributed by atoms with Gasteiger partial charge in [0.25, 0.3) is 0 Å². The Morgan fingerprint density at radius 1 is 1.17 bits per heavy atom. The third-order valence-electron chi connectivity index (χ3n) is 3.52. The van der Waals surface area contributed by atoms with Crippen molar-refractivity contribution in [3.8, 4) is 0 Å². The maximum atomic E-state index is 9.59. The number of rotatable bonds is 8. The minimum Gasteiger partial charge on any atom is -0.396 e. The first-order valence-electron chi connectivity index (χ1n) is 7.08. The van der Waals surface area contributed by atoms with Crippen LogP contribution in [0.15, 0.2) is 18.2 Å². The van der Waals surface area contributed by atoms with E-state index in [-0.39, 0.29) is 12.5 Å². The Kier molecular flexibility index (Phi) is 6.99. The highest BCUT2D eigenvalue weighted by Crippen LogP contribution is 2.22. The molecule has 1 aromatic carbocycles. The van der Waals surface area contributed by atoms with E-state index >= 15 is 0 Å². The van der Waals surface area contributed by atoms with Crippen molar-refractivity contribution < 1.29 is 5.11 Å². The largest absolute Gasteiger partial charge is 0.396 e. The summed E-state index contributed by atoms with van der Waals surface area (Å²) in [7, 11) is 0. The zero-order chi connectivity index (χ0) is 13.4. The molecule has 0 aliphatic heterocycles. The van der Waals surface area contributed by atoms with Gasteiger partial charge in [0.15, 0.2) is 0 Å². The zero-order valence-electron chi connectivity index (χ0n) is 12.0. The van der Waals surface area contributed by atoms with Gasteiger partial charge >= 0.3 is 0 Å². The monoisotopic (exact) mass is 249 g/mol. The second-order valence-electron chi connectivity index (χ2n) is 5.10. The molecule has 0 aromatic heterocycles. The average Bonchev–Trinajstić information content (AvgIpc) is 2.36. The summed E-state index contributed by atoms with van der Waals surface area (Å²) < 4.78 is 0. The third-order valence-corrected chi connectivity index (χ3v) is 3.52. The smallest absolute Gasteiger partial charge is 0.0512 e. The lowest BCUT2D eigenvalue weighted by Crippen LogP contribution is -2.25. The van der Waals surface area contributed by atoms with Crippen LogP contribution in [0.1, 0.15) is 48.8 Å². The lowest BCUT2D eigenvalue weighted by Gasteiger charge is -2.20. The quantitative estimate of drug-likeness (QED) is 0.694. The fourth-order valence-corrected chi connectivity index (χ4v) is 2.51. The van der Waals surface area contributed by atoms with Gasteiger partial charge in [-0.05, 0) is 43.5 Å². The van der Waals surface area contributed by atoms with Crippen molar-refractivity contribution in [2.75, 3.05) is 19.7 Å². The predicted octanol–water partition coefficient (Wildman–Crippen LogP) is 3.16. The van der Waals surface area contributed by atoms with Crippen LogP contribution in [-0.2, 0) is 0 Å². The van der Waals surface area contributed by atoms with Crippen molar-refractivity contribution in [1.29, 1.82) is 0 Å². The molecule has 0 amide bonds. The molecule has 1 atom stereocenters. The molecule has 2 heteroatoms. The van der Waals surface area contributed by atoms with Gasteiger partial charge in [-0.15, -0.1) is 0 Å². The van der Waals surface area contributed by atoms with E-state index in [0.717, 1.165) is 13.1 Å². The van der Waals surface area contributed by atoms with E-state index in [1.165, 1.54) is 36.0 Å². The van der Waals surface area contributed by atoms with Gasteiger partial charge in [-0.3, -0.25) is 0 Å². The number of hydrogen-bond acceptors (Lipinski definition) is 2. The summed E-state index contributed by atoms with van der Waals surface area (Å²) in [5.41, 5.74) is 3.87. The van der Waals surface area contributed by atoms with E-state index in [1.54, 1.807) is 0 Å². The minimum absolute atomic E-state index is 0.215. The second kappa shape index (κ2) is 8.28. The van der Waals surface area contributed by atoms with Crippen molar-refractivity contribution in [3.05, 3.63) is 34.9 Å². The number of aliphatic hydroxyl groups is 1. The van der Waals surface area contributed by atoms with E-state index in [1.807, 2.05) is 0 Å². The molecule has 0 heterocycles. The number of benzene rings is 1. The number of aryl methyl sites for hydroxylation is 2. The van der Waals surface area contributed by atoms with Crippen molar-refractivity contribution in [3.63, 3.8) is 0 Å². The van der Waals surface area contributed by atoms with Crippen LogP contribution in [0, 0.1) is 13.8 Å². The molecule has 102 valence electrons. The molecule has 1 rings (SSSR count). The molecular formula is C16H27NO. The van der Waals surface area contributed by atoms with Gasteiger partial charge in [0.05, 0.1) is 6.61 Å².